The Morgan fingerprint density at radius 1 is 1.40 bits per heavy atom. The molecule has 5 N–H and O–H groups in total. The predicted octanol–water partition coefficient (Wildman–Crippen LogP) is 2.24. The average molecular weight is 278 g/mol. The van der Waals surface area contributed by atoms with Crippen molar-refractivity contribution in [1.29, 1.82) is 0 Å². The molecule has 5 nitrogen and oxygen atoms in total. The number of aryl methyl sites for hydroxylation is 1. The fraction of sp³-hybridized carbons (Fsp3) is 0.533. The third-order valence-corrected chi connectivity index (χ3v) is 4.05. The highest BCUT2D eigenvalue weighted by atomic mass is 16.4. The molecule has 1 fully saturated rings. The maximum absolute atomic E-state index is 11.1. The lowest BCUT2D eigenvalue weighted by molar-refractivity contribution is 0.0697. The second-order valence-corrected chi connectivity index (χ2v) is 5.55. The lowest BCUT2D eigenvalue weighted by Gasteiger charge is -2.28. The van der Waals surface area contributed by atoms with Crippen molar-refractivity contribution in [3.05, 3.63) is 23.3 Å². The SMILES string of the molecule is Cc1cc(NCC2CCCCC2O)cc(C(=O)O)c1N. The molecular weight excluding hydrogens is 256 g/mol. The number of hydrogen-bond donors (Lipinski definition) is 4. The Kier molecular flexibility index (Phi) is 4.49. The molecule has 2 atom stereocenters. The minimum Gasteiger partial charge on any atom is -0.478 e. The first kappa shape index (κ1) is 14.7. The van der Waals surface area contributed by atoms with Crippen LogP contribution in [0.25, 0.3) is 0 Å². The standard InChI is InChI=1S/C15H22N2O3/c1-9-6-11(7-12(14(9)16)15(19)20)17-8-10-4-2-3-5-13(10)18/h6-7,10,13,17-18H,2-5,8,16H2,1H3,(H,19,20). The van der Waals surface area contributed by atoms with Crippen molar-refractivity contribution in [2.24, 2.45) is 5.92 Å². The van der Waals surface area contributed by atoms with Crippen molar-refractivity contribution >= 4 is 17.3 Å². The summed E-state index contributed by atoms with van der Waals surface area (Å²) in [7, 11) is 0. The van der Waals surface area contributed by atoms with Crippen LogP contribution in [0.15, 0.2) is 12.1 Å². The van der Waals surface area contributed by atoms with Gasteiger partial charge in [-0.15, -0.1) is 0 Å². The van der Waals surface area contributed by atoms with E-state index < -0.39 is 5.97 Å². The fourth-order valence-electron chi connectivity index (χ4n) is 2.75. The number of rotatable bonds is 4. The number of nitrogen functional groups attached to an aromatic ring is 1. The quantitative estimate of drug-likeness (QED) is 0.633. The lowest BCUT2D eigenvalue weighted by atomic mass is 9.86. The second kappa shape index (κ2) is 6.13. The topological polar surface area (TPSA) is 95.6 Å². The smallest absolute Gasteiger partial charge is 0.337 e. The van der Waals surface area contributed by atoms with E-state index in [0.717, 1.165) is 36.9 Å². The second-order valence-electron chi connectivity index (χ2n) is 5.55. The van der Waals surface area contributed by atoms with E-state index in [9.17, 15) is 9.90 Å². The van der Waals surface area contributed by atoms with Gasteiger partial charge in [-0.2, -0.15) is 0 Å². The normalized spacial score (nSPS) is 22.5. The van der Waals surface area contributed by atoms with Crippen LogP contribution in [0.4, 0.5) is 11.4 Å². The van der Waals surface area contributed by atoms with E-state index in [1.54, 1.807) is 13.0 Å². The van der Waals surface area contributed by atoms with Gasteiger partial charge >= 0.3 is 5.97 Å². The summed E-state index contributed by atoms with van der Waals surface area (Å²) in [5.74, 6) is -0.790. The van der Waals surface area contributed by atoms with Gasteiger partial charge in [0.05, 0.1) is 11.7 Å². The third kappa shape index (κ3) is 3.22. The molecule has 1 aliphatic carbocycles. The third-order valence-electron chi connectivity index (χ3n) is 4.05. The van der Waals surface area contributed by atoms with Gasteiger partial charge in [-0.1, -0.05) is 12.8 Å². The van der Waals surface area contributed by atoms with Crippen molar-refractivity contribution in [1.82, 2.24) is 0 Å². The van der Waals surface area contributed by atoms with Crippen molar-refractivity contribution < 1.29 is 15.0 Å². The van der Waals surface area contributed by atoms with E-state index in [0.29, 0.717) is 12.2 Å². The number of hydrogen-bond acceptors (Lipinski definition) is 4. The number of aliphatic hydroxyl groups is 1. The average Bonchev–Trinajstić information content (AvgIpc) is 2.41. The number of anilines is 2. The fourth-order valence-corrected chi connectivity index (χ4v) is 2.75. The molecule has 1 aliphatic rings. The van der Waals surface area contributed by atoms with Crippen LogP contribution in [0, 0.1) is 12.8 Å². The molecule has 0 aliphatic heterocycles. The van der Waals surface area contributed by atoms with E-state index in [-0.39, 0.29) is 17.6 Å². The van der Waals surface area contributed by atoms with E-state index >= 15 is 0 Å². The highest BCUT2D eigenvalue weighted by Gasteiger charge is 2.22. The van der Waals surface area contributed by atoms with Gasteiger partial charge in [0.25, 0.3) is 0 Å². The molecule has 20 heavy (non-hydrogen) atoms. The van der Waals surface area contributed by atoms with Gasteiger partial charge < -0.3 is 21.3 Å². The molecule has 5 heteroatoms. The van der Waals surface area contributed by atoms with Gasteiger partial charge in [-0.25, -0.2) is 4.79 Å². The van der Waals surface area contributed by atoms with Crippen molar-refractivity contribution in [2.45, 2.75) is 38.7 Å². The maximum Gasteiger partial charge on any atom is 0.337 e. The number of carboxylic acid groups (broad SMARTS) is 1. The Bertz CT molecular complexity index is 502. The zero-order valence-electron chi connectivity index (χ0n) is 11.7. The van der Waals surface area contributed by atoms with E-state index in [4.69, 9.17) is 10.8 Å². The number of benzene rings is 1. The molecular formula is C15H22N2O3. The van der Waals surface area contributed by atoms with Crippen LogP contribution in [0.3, 0.4) is 0 Å². The van der Waals surface area contributed by atoms with Crippen molar-refractivity contribution in [3.8, 4) is 0 Å². The molecule has 110 valence electrons. The Labute approximate surface area is 118 Å². The molecule has 2 unspecified atom stereocenters. The Morgan fingerprint density at radius 3 is 2.75 bits per heavy atom. The summed E-state index contributed by atoms with van der Waals surface area (Å²) in [4.78, 5) is 11.1. The zero-order valence-corrected chi connectivity index (χ0v) is 11.7. The molecule has 0 amide bonds. The first-order chi connectivity index (χ1) is 9.49. The van der Waals surface area contributed by atoms with Crippen molar-refractivity contribution in [3.63, 3.8) is 0 Å². The molecule has 0 heterocycles. The first-order valence-corrected chi connectivity index (χ1v) is 7.04. The molecule has 0 spiro atoms. The van der Waals surface area contributed by atoms with Crippen LogP contribution in [0.1, 0.15) is 41.6 Å². The number of aliphatic hydroxyl groups excluding tert-OH is 1. The Morgan fingerprint density at radius 2 is 2.10 bits per heavy atom. The first-order valence-electron chi connectivity index (χ1n) is 7.04. The largest absolute Gasteiger partial charge is 0.478 e. The van der Waals surface area contributed by atoms with Crippen LogP contribution in [0.5, 0.6) is 0 Å². The van der Waals surface area contributed by atoms with Crippen LogP contribution in [0.2, 0.25) is 0 Å². The van der Waals surface area contributed by atoms with Gasteiger partial charge in [-0.05, 0) is 37.5 Å². The maximum atomic E-state index is 11.1. The van der Waals surface area contributed by atoms with Gasteiger partial charge in [0.15, 0.2) is 0 Å². The highest BCUT2D eigenvalue weighted by molar-refractivity contribution is 5.95. The number of nitrogens with two attached hydrogens (primary N) is 1. The number of carboxylic acids is 1. The molecule has 0 radical (unpaired) electrons. The van der Waals surface area contributed by atoms with Crippen molar-refractivity contribution in [2.75, 3.05) is 17.6 Å². The molecule has 2 rings (SSSR count). The molecule has 0 saturated heterocycles. The molecule has 0 bridgehead atoms. The molecule has 1 aromatic rings. The van der Waals surface area contributed by atoms with Crippen LogP contribution >= 0.6 is 0 Å². The van der Waals surface area contributed by atoms with Gasteiger partial charge in [0.2, 0.25) is 0 Å². The number of nitrogens with one attached hydrogen (secondary N) is 1. The summed E-state index contributed by atoms with van der Waals surface area (Å²) in [6.07, 6.45) is 3.83. The Hall–Kier alpha value is -1.75. The zero-order chi connectivity index (χ0) is 14.7. The summed E-state index contributed by atoms with van der Waals surface area (Å²) in [5.41, 5.74) is 7.68. The summed E-state index contributed by atoms with van der Waals surface area (Å²) < 4.78 is 0. The van der Waals surface area contributed by atoms with E-state index in [1.165, 1.54) is 0 Å². The molecule has 1 saturated carbocycles. The predicted molar refractivity (Wildman–Crippen MR) is 79.0 cm³/mol. The van der Waals surface area contributed by atoms with Gasteiger partial charge in [0.1, 0.15) is 0 Å². The van der Waals surface area contributed by atoms with E-state index in [2.05, 4.69) is 5.32 Å². The van der Waals surface area contributed by atoms with Crippen LogP contribution in [-0.2, 0) is 0 Å². The summed E-state index contributed by atoms with van der Waals surface area (Å²) in [6, 6.07) is 3.40. The number of aromatic carboxylic acids is 1. The highest BCUT2D eigenvalue weighted by Crippen LogP contribution is 2.26. The lowest BCUT2D eigenvalue weighted by Crippen LogP contribution is -2.30. The minimum atomic E-state index is -1.02. The summed E-state index contributed by atoms with van der Waals surface area (Å²) >= 11 is 0. The Balaban J connectivity index is 2.07. The van der Waals surface area contributed by atoms with E-state index in [1.807, 2.05) is 6.07 Å². The van der Waals surface area contributed by atoms with Crippen LogP contribution < -0.4 is 11.1 Å². The molecule has 0 aromatic heterocycles. The monoisotopic (exact) mass is 278 g/mol. The summed E-state index contributed by atoms with van der Waals surface area (Å²) in [6.45, 7) is 2.45. The summed E-state index contributed by atoms with van der Waals surface area (Å²) in [5, 5.41) is 22.3. The van der Waals surface area contributed by atoms with Gasteiger partial charge in [0, 0.05) is 23.8 Å². The van der Waals surface area contributed by atoms with Crippen LogP contribution in [-0.4, -0.2) is 28.8 Å². The number of carbonyl (C=O) groups is 1. The minimum absolute atomic E-state index is 0.122. The van der Waals surface area contributed by atoms with Gasteiger partial charge in [-0.3, -0.25) is 0 Å². The molecule has 1 aromatic carbocycles.